The Balaban J connectivity index is 2.03. The van der Waals surface area contributed by atoms with Crippen LogP contribution in [0.15, 0.2) is 18.2 Å². The Morgan fingerprint density at radius 2 is 2.37 bits per heavy atom. The highest BCUT2D eigenvalue weighted by atomic mass is 35.5. The maximum absolute atomic E-state index is 13.5. The van der Waals surface area contributed by atoms with Gasteiger partial charge in [0.25, 0.3) is 0 Å². The van der Waals surface area contributed by atoms with Gasteiger partial charge in [-0.3, -0.25) is 0 Å². The first-order chi connectivity index (χ1) is 9.20. The van der Waals surface area contributed by atoms with Gasteiger partial charge in [-0.05, 0) is 60.9 Å². The van der Waals surface area contributed by atoms with Crippen molar-refractivity contribution in [3.63, 3.8) is 0 Å². The van der Waals surface area contributed by atoms with Gasteiger partial charge in [0.1, 0.15) is 5.82 Å². The van der Waals surface area contributed by atoms with Crippen LogP contribution in [0.1, 0.15) is 25.3 Å². The summed E-state index contributed by atoms with van der Waals surface area (Å²) >= 11 is 7.76. The van der Waals surface area contributed by atoms with Gasteiger partial charge in [-0.1, -0.05) is 24.6 Å². The van der Waals surface area contributed by atoms with Crippen LogP contribution in [-0.4, -0.2) is 24.1 Å². The number of nitrogens with one attached hydrogen (secondary N) is 1. The minimum absolute atomic E-state index is 0.207. The van der Waals surface area contributed by atoms with Crippen molar-refractivity contribution in [2.45, 2.75) is 32.2 Å². The molecule has 1 heterocycles. The Morgan fingerprint density at radius 3 is 3.00 bits per heavy atom. The molecule has 1 aromatic carbocycles. The van der Waals surface area contributed by atoms with E-state index in [0.29, 0.717) is 12.0 Å². The van der Waals surface area contributed by atoms with Crippen LogP contribution in [0.3, 0.4) is 0 Å². The van der Waals surface area contributed by atoms with Gasteiger partial charge in [0.15, 0.2) is 0 Å². The van der Waals surface area contributed by atoms with E-state index in [1.807, 2.05) is 17.8 Å². The molecule has 0 bridgehead atoms. The Morgan fingerprint density at radius 1 is 1.53 bits per heavy atom. The quantitative estimate of drug-likeness (QED) is 0.847. The van der Waals surface area contributed by atoms with E-state index < -0.39 is 0 Å². The lowest BCUT2D eigenvalue weighted by molar-refractivity contribution is 0.380. The number of rotatable bonds is 6. The number of benzene rings is 1. The van der Waals surface area contributed by atoms with Crippen LogP contribution in [0.25, 0.3) is 0 Å². The second-order valence-electron chi connectivity index (χ2n) is 5.14. The van der Waals surface area contributed by atoms with E-state index in [-0.39, 0.29) is 10.8 Å². The topological polar surface area (TPSA) is 12.0 Å². The van der Waals surface area contributed by atoms with Crippen molar-refractivity contribution in [1.29, 1.82) is 0 Å². The van der Waals surface area contributed by atoms with Gasteiger partial charge >= 0.3 is 0 Å². The fourth-order valence-electron chi connectivity index (χ4n) is 2.53. The second-order valence-corrected chi connectivity index (χ2v) is 6.69. The molecule has 0 aliphatic carbocycles. The summed E-state index contributed by atoms with van der Waals surface area (Å²) in [6.45, 7) is 3.21. The summed E-state index contributed by atoms with van der Waals surface area (Å²) in [5.74, 6) is 2.87. The van der Waals surface area contributed by atoms with Crippen molar-refractivity contribution in [2.75, 3.05) is 18.1 Å². The molecule has 2 atom stereocenters. The molecule has 0 spiro atoms. The van der Waals surface area contributed by atoms with E-state index in [4.69, 9.17) is 11.6 Å². The predicted molar refractivity (Wildman–Crippen MR) is 82.6 cm³/mol. The molecule has 2 rings (SSSR count). The molecule has 0 aromatic heterocycles. The van der Waals surface area contributed by atoms with Crippen LogP contribution in [-0.2, 0) is 6.42 Å². The highest BCUT2D eigenvalue weighted by Crippen LogP contribution is 2.28. The first kappa shape index (κ1) is 15.1. The van der Waals surface area contributed by atoms with Crippen molar-refractivity contribution >= 4 is 23.4 Å². The molecule has 1 aliphatic heterocycles. The fourth-order valence-corrected chi connectivity index (χ4v) is 3.98. The first-order valence-corrected chi connectivity index (χ1v) is 8.49. The zero-order valence-electron chi connectivity index (χ0n) is 11.3. The summed E-state index contributed by atoms with van der Waals surface area (Å²) < 4.78 is 13.5. The largest absolute Gasteiger partial charge is 0.313 e. The lowest BCUT2D eigenvalue weighted by atomic mass is 9.93. The molecule has 19 heavy (non-hydrogen) atoms. The summed E-state index contributed by atoms with van der Waals surface area (Å²) in [7, 11) is 0. The van der Waals surface area contributed by atoms with Crippen molar-refractivity contribution in [3.8, 4) is 0 Å². The molecule has 0 amide bonds. The summed E-state index contributed by atoms with van der Waals surface area (Å²) in [5, 5.41) is 3.83. The molecular formula is C15H21ClFNS. The van der Waals surface area contributed by atoms with Crippen LogP contribution in [0.5, 0.6) is 0 Å². The maximum Gasteiger partial charge on any atom is 0.142 e. The average Bonchev–Trinajstić information content (AvgIpc) is 2.92. The van der Waals surface area contributed by atoms with Gasteiger partial charge in [0, 0.05) is 6.04 Å². The third-order valence-electron chi connectivity index (χ3n) is 3.63. The Labute approximate surface area is 124 Å². The highest BCUT2D eigenvalue weighted by Gasteiger charge is 2.25. The number of thioether (sulfide) groups is 1. The van der Waals surface area contributed by atoms with Crippen molar-refractivity contribution in [2.24, 2.45) is 5.92 Å². The van der Waals surface area contributed by atoms with E-state index in [2.05, 4.69) is 12.2 Å². The Kier molecular flexibility index (Phi) is 5.99. The molecule has 106 valence electrons. The van der Waals surface area contributed by atoms with Crippen molar-refractivity contribution in [1.82, 2.24) is 5.32 Å². The smallest absolute Gasteiger partial charge is 0.142 e. The van der Waals surface area contributed by atoms with Crippen molar-refractivity contribution in [3.05, 3.63) is 34.6 Å². The molecule has 2 unspecified atom stereocenters. The third kappa shape index (κ3) is 4.37. The molecule has 1 saturated heterocycles. The molecule has 1 N–H and O–H groups in total. The van der Waals surface area contributed by atoms with E-state index in [0.717, 1.165) is 24.9 Å². The van der Waals surface area contributed by atoms with E-state index in [1.165, 1.54) is 17.9 Å². The molecule has 0 radical (unpaired) electrons. The standard InChI is InChI=1S/C15H21ClFNS/c1-2-6-18-15(12-5-7-19-10-12)9-11-3-4-13(16)14(17)8-11/h3-4,8,12,15,18H,2,5-7,9-10H2,1H3. The third-order valence-corrected chi connectivity index (χ3v) is 5.12. The van der Waals surface area contributed by atoms with Crippen LogP contribution in [0, 0.1) is 11.7 Å². The molecule has 0 saturated carbocycles. The van der Waals surface area contributed by atoms with Crippen LogP contribution in [0.4, 0.5) is 4.39 Å². The first-order valence-electron chi connectivity index (χ1n) is 6.95. The normalized spacial score (nSPS) is 20.7. The molecule has 4 heteroatoms. The van der Waals surface area contributed by atoms with Gasteiger partial charge < -0.3 is 5.32 Å². The lowest BCUT2D eigenvalue weighted by Crippen LogP contribution is -2.38. The number of hydrogen-bond donors (Lipinski definition) is 1. The Bertz CT molecular complexity index is 407. The number of halogens is 2. The van der Waals surface area contributed by atoms with Crippen LogP contribution in [0.2, 0.25) is 5.02 Å². The lowest BCUT2D eigenvalue weighted by Gasteiger charge is -2.24. The maximum atomic E-state index is 13.5. The summed E-state index contributed by atoms with van der Waals surface area (Å²) in [6.07, 6.45) is 3.28. The Hall–Kier alpha value is -0.250. The summed E-state index contributed by atoms with van der Waals surface area (Å²) in [5.41, 5.74) is 1.03. The predicted octanol–water partition coefficient (Wildman–Crippen LogP) is 4.14. The van der Waals surface area contributed by atoms with Gasteiger partial charge in [-0.15, -0.1) is 0 Å². The van der Waals surface area contributed by atoms with Gasteiger partial charge in [0.05, 0.1) is 5.02 Å². The van der Waals surface area contributed by atoms with E-state index in [1.54, 1.807) is 12.1 Å². The minimum atomic E-state index is -0.311. The molecule has 1 nitrogen and oxygen atoms in total. The molecule has 1 aromatic rings. The highest BCUT2D eigenvalue weighted by molar-refractivity contribution is 7.99. The summed E-state index contributed by atoms with van der Waals surface area (Å²) in [4.78, 5) is 0. The minimum Gasteiger partial charge on any atom is -0.313 e. The monoisotopic (exact) mass is 301 g/mol. The average molecular weight is 302 g/mol. The van der Waals surface area contributed by atoms with Crippen LogP contribution < -0.4 is 5.32 Å². The zero-order chi connectivity index (χ0) is 13.7. The molecule has 1 aliphatic rings. The zero-order valence-corrected chi connectivity index (χ0v) is 12.9. The fraction of sp³-hybridized carbons (Fsp3) is 0.600. The van der Waals surface area contributed by atoms with Crippen molar-refractivity contribution < 1.29 is 4.39 Å². The van der Waals surface area contributed by atoms with Gasteiger partial charge in [0.2, 0.25) is 0 Å². The van der Waals surface area contributed by atoms with Crippen LogP contribution >= 0.6 is 23.4 Å². The summed E-state index contributed by atoms with van der Waals surface area (Å²) in [6, 6.07) is 5.63. The van der Waals surface area contributed by atoms with E-state index in [9.17, 15) is 4.39 Å². The second kappa shape index (κ2) is 7.51. The SMILES string of the molecule is CCCNC(Cc1ccc(Cl)c(F)c1)C1CCSC1. The van der Waals surface area contributed by atoms with Gasteiger partial charge in [-0.25, -0.2) is 4.39 Å². The van der Waals surface area contributed by atoms with Gasteiger partial charge in [-0.2, -0.15) is 11.8 Å². The molecule has 1 fully saturated rings. The molecular weight excluding hydrogens is 281 g/mol. The van der Waals surface area contributed by atoms with E-state index >= 15 is 0 Å². The number of hydrogen-bond acceptors (Lipinski definition) is 2.